The first-order chi connectivity index (χ1) is 7.70. The lowest BCUT2D eigenvalue weighted by atomic mass is 10.1. The fraction of sp³-hybridized carbons (Fsp3) is 0.333. The van der Waals surface area contributed by atoms with E-state index in [1.165, 1.54) is 16.6 Å². The van der Waals surface area contributed by atoms with E-state index in [1.54, 1.807) is 0 Å². The van der Waals surface area contributed by atoms with E-state index in [-0.39, 0.29) is 0 Å². The lowest BCUT2D eigenvalue weighted by molar-refractivity contribution is 0.505. The summed E-state index contributed by atoms with van der Waals surface area (Å²) < 4.78 is 2.24. The molecule has 0 spiro atoms. The molecule has 0 saturated heterocycles. The Labute approximate surface area is 104 Å². The average molecular weight is 255 g/mol. The SMILES string of the molecule is Cc1c2n(c3c(Cl)c(Cl)ccc13)CNCC2. The fourth-order valence-corrected chi connectivity index (χ4v) is 2.91. The van der Waals surface area contributed by atoms with Gasteiger partial charge in [-0.3, -0.25) is 5.32 Å². The van der Waals surface area contributed by atoms with Crippen LogP contribution in [0.25, 0.3) is 10.9 Å². The number of aromatic nitrogens is 1. The zero-order valence-corrected chi connectivity index (χ0v) is 10.5. The third kappa shape index (κ3) is 1.30. The number of halogens is 2. The molecule has 2 nitrogen and oxygen atoms in total. The first-order valence-corrected chi connectivity index (χ1v) is 6.12. The predicted octanol–water partition coefficient (Wildman–Crippen LogP) is 3.36. The van der Waals surface area contributed by atoms with E-state index in [0.717, 1.165) is 25.2 Å². The van der Waals surface area contributed by atoms with Crippen molar-refractivity contribution in [2.45, 2.75) is 20.0 Å². The maximum absolute atomic E-state index is 6.30. The summed E-state index contributed by atoms with van der Waals surface area (Å²) in [6, 6.07) is 3.93. The van der Waals surface area contributed by atoms with Crippen LogP contribution < -0.4 is 5.32 Å². The summed E-state index contributed by atoms with van der Waals surface area (Å²) in [4.78, 5) is 0. The molecule has 0 atom stereocenters. The molecule has 1 aromatic heterocycles. The van der Waals surface area contributed by atoms with Gasteiger partial charge in [0.15, 0.2) is 0 Å². The van der Waals surface area contributed by atoms with Crippen LogP contribution >= 0.6 is 23.2 Å². The van der Waals surface area contributed by atoms with Crippen LogP contribution in [-0.4, -0.2) is 11.1 Å². The van der Waals surface area contributed by atoms with Crippen LogP contribution in [0.4, 0.5) is 0 Å². The monoisotopic (exact) mass is 254 g/mol. The van der Waals surface area contributed by atoms with Crippen LogP contribution in [0, 0.1) is 6.92 Å². The molecule has 3 rings (SSSR count). The highest BCUT2D eigenvalue weighted by Crippen LogP contribution is 2.36. The van der Waals surface area contributed by atoms with Crippen molar-refractivity contribution < 1.29 is 0 Å². The minimum Gasteiger partial charge on any atom is -0.330 e. The molecule has 16 heavy (non-hydrogen) atoms. The third-order valence-electron chi connectivity index (χ3n) is 3.31. The van der Waals surface area contributed by atoms with Crippen molar-refractivity contribution in [3.05, 3.63) is 33.4 Å². The third-order valence-corrected chi connectivity index (χ3v) is 4.10. The largest absolute Gasteiger partial charge is 0.330 e. The number of fused-ring (bicyclic) bond motifs is 3. The Morgan fingerprint density at radius 1 is 1.31 bits per heavy atom. The van der Waals surface area contributed by atoms with Crippen molar-refractivity contribution in [2.24, 2.45) is 0 Å². The van der Waals surface area contributed by atoms with Crippen LogP contribution in [0.3, 0.4) is 0 Å². The van der Waals surface area contributed by atoms with Gasteiger partial charge in [0.25, 0.3) is 0 Å². The summed E-state index contributed by atoms with van der Waals surface area (Å²) in [5.74, 6) is 0. The molecule has 0 amide bonds. The minimum atomic E-state index is 0.625. The maximum Gasteiger partial charge on any atom is 0.0835 e. The molecule has 0 radical (unpaired) electrons. The van der Waals surface area contributed by atoms with E-state index in [1.807, 2.05) is 6.07 Å². The van der Waals surface area contributed by atoms with Crippen LogP contribution in [0.2, 0.25) is 10.0 Å². The molecule has 1 aliphatic heterocycles. The number of hydrogen-bond donors (Lipinski definition) is 1. The number of aryl methyl sites for hydroxylation is 1. The van der Waals surface area contributed by atoms with E-state index < -0.39 is 0 Å². The molecular formula is C12H12Cl2N2. The van der Waals surface area contributed by atoms with E-state index in [2.05, 4.69) is 22.9 Å². The Morgan fingerprint density at radius 2 is 2.12 bits per heavy atom. The molecule has 4 heteroatoms. The summed E-state index contributed by atoms with van der Waals surface area (Å²) in [5.41, 5.74) is 3.77. The second-order valence-corrected chi connectivity index (χ2v) is 4.95. The summed E-state index contributed by atoms with van der Waals surface area (Å²) in [6.07, 6.45) is 1.05. The Hall–Kier alpha value is -0.700. The van der Waals surface area contributed by atoms with Gasteiger partial charge in [0.2, 0.25) is 0 Å². The molecule has 84 valence electrons. The molecule has 1 aromatic carbocycles. The summed E-state index contributed by atoms with van der Waals surface area (Å²) >= 11 is 12.4. The summed E-state index contributed by atoms with van der Waals surface area (Å²) in [5, 5.41) is 5.86. The highest BCUT2D eigenvalue weighted by molar-refractivity contribution is 6.45. The number of rotatable bonds is 0. The minimum absolute atomic E-state index is 0.625. The zero-order valence-electron chi connectivity index (χ0n) is 8.98. The van der Waals surface area contributed by atoms with Crippen molar-refractivity contribution in [3.8, 4) is 0 Å². The van der Waals surface area contributed by atoms with Crippen LogP contribution in [0.5, 0.6) is 0 Å². The van der Waals surface area contributed by atoms with Crippen LogP contribution in [0.1, 0.15) is 11.3 Å². The topological polar surface area (TPSA) is 17.0 Å². The second kappa shape index (κ2) is 3.66. The van der Waals surface area contributed by atoms with Gasteiger partial charge in [-0.05, 0) is 18.6 Å². The van der Waals surface area contributed by atoms with Gasteiger partial charge < -0.3 is 4.57 Å². The summed E-state index contributed by atoms with van der Waals surface area (Å²) in [7, 11) is 0. The van der Waals surface area contributed by atoms with Crippen molar-refractivity contribution in [1.29, 1.82) is 0 Å². The van der Waals surface area contributed by atoms with Crippen molar-refractivity contribution in [1.82, 2.24) is 9.88 Å². The Bertz CT molecular complexity index is 572. The van der Waals surface area contributed by atoms with E-state index in [4.69, 9.17) is 23.2 Å². The molecule has 0 aliphatic carbocycles. The lowest BCUT2D eigenvalue weighted by Gasteiger charge is -2.18. The smallest absolute Gasteiger partial charge is 0.0835 e. The number of hydrogen-bond acceptors (Lipinski definition) is 1. The van der Waals surface area contributed by atoms with Crippen LogP contribution in [0.15, 0.2) is 12.1 Å². The molecule has 1 aliphatic rings. The molecule has 0 bridgehead atoms. The van der Waals surface area contributed by atoms with Gasteiger partial charge in [-0.1, -0.05) is 29.3 Å². The molecule has 0 unspecified atom stereocenters. The highest BCUT2D eigenvalue weighted by Gasteiger charge is 2.19. The van der Waals surface area contributed by atoms with Gasteiger partial charge in [-0.2, -0.15) is 0 Å². The van der Waals surface area contributed by atoms with Crippen LogP contribution in [-0.2, 0) is 13.1 Å². The van der Waals surface area contributed by atoms with Gasteiger partial charge in [-0.25, -0.2) is 0 Å². The zero-order chi connectivity index (χ0) is 11.3. The van der Waals surface area contributed by atoms with E-state index in [0.29, 0.717) is 10.0 Å². The van der Waals surface area contributed by atoms with Gasteiger partial charge in [-0.15, -0.1) is 0 Å². The molecular weight excluding hydrogens is 243 g/mol. The maximum atomic E-state index is 6.30. The van der Waals surface area contributed by atoms with Gasteiger partial charge in [0.05, 0.1) is 22.2 Å². The number of nitrogens with one attached hydrogen (secondary N) is 1. The molecule has 2 heterocycles. The van der Waals surface area contributed by atoms with Crippen molar-refractivity contribution in [2.75, 3.05) is 6.54 Å². The number of nitrogens with zero attached hydrogens (tertiary/aromatic N) is 1. The Kier molecular flexibility index (Phi) is 2.39. The predicted molar refractivity (Wildman–Crippen MR) is 68.4 cm³/mol. The lowest BCUT2D eigenvalue weighted by Crippen LogP contribution is -2.28. The Morgan fingerprint density at radius 3 is 2.94 bits per heavy atom. The highest BCUT2D eigenvalue weighted by atomic mass is 35.5. The normalized spacial score (nSPS) is 15.4. The molecule has 1 N–H and O–H groups in total. The quantitative estimate of drug-likeness (QED) is 0.763. The molecule has 0 fully saturated rings. The van der Waals surface area contributed by atoms with Gasteiger partial charge in [0.1, 0.15) is 0 Å². The van der Waals surface area contributed by atoms with E-state index in [9.17, 15) is 0 Å². The van der Waals surface area contributed by atoms with Crippen molar-refractivity contribution >= 4 is 34.1 Å². The van der Waals surface area contributed by atoms with Crippen molar-refractivity contribution in [3.63, 3.8) is 0 Å². The molecule has 0 saturated carbocycles. The van der Waals surface area contributed by atoms with Gasteiger partial charge >= 0.3 is 0 Å². The summed E-state index contributed by atoms with van der Waals surface area (Å²) in [6.45, 7) is 4.01. The van der Waals surface area contributed by atoms with Gasteiger partial charge in [0, 0.05) is 24.0 Å². The Balaban J connectivity index is 2.45. The first-order valence-electron chi connectivity index (χ1n) is 5.36. The average Bonchev–Trinajstić information content (AvgIpc) is 2.59. The fourth-order valence-electron chi connectivity index (χ4n) is 2.49. The number of benzene rings is 1. The first kappa shape index (κ1) is 10.5. The standard InChI is InChI=1S/C12H12Cl2N2/c1-7-8-2-3-9(13)11(14)12(8)16-6-15-5-4-10(7)16/h2-3,15H,4-6H2,1H3. The second-order valence-electron chi connectivity index (χ2n) is 4.17. The van der Waals surface area contributed by atoms with E-state index >= 15 is 0 Å². The molecule has 2 aromatic rings.